The Morgan fingerprint density at radius 1 is 1.25 bits per heavy atom. The van der Waals surface area contributed by atoms with E-state index in [1.165, 1.54) is 0 Å². The third kappa shape index (κ3) is 1.78. The summed E-state index contributed by atoms with van der Waals surface area (Å²) in [5, 5.41) is 8.86. The van der Waals surface area contributed by atoms with Crippen LogP contribution in [0.15, 0.2) is 0 Å². The summed E-state index contributed by atoms with van der Waals surface area (Å²) in [5.74, 6) is 2.02. The van der Waals surface area contributed by atoms with Crippen LogP contribution in [0.1, 0.15) is 0 Å². The highest BCUT2D eigenvalue weighted by molar-refractivity contribution is 5.65. The van der Waals surface area contributed by atoms with Crippen molar-refractivity contribution in [3.8, 4) is 0 Å². The third-order valence-electron chi connectivity index (χ3n) is 4.21. The minimum absolute atomic E-state index is 0.638. The van der Waals surface area contributed by atoms with E-state index in [0.29, 0.717) is 11.8 Å². The number of piperidine rings is 1. The minimum atomic E-state index is -0.752. The first-order chi connectivity index (χ1) is 7.75. The molecule has 3 aliphatic rings. The molecule has 1 aliphatic carbocycles. The fourth-order valence-corrected chi connectivity index (χ4v) is 3.16. The SMILES string of the molecule is O=C(O)N1C[C@@H]2C(CN3CCOCC3)[C@@H]2C1. The molecule has 3 rings (SSSR count). The van der Waals surface area contributed by atoms with Crippen LogP contribution >= 0.6 is 0 Å². The van der Waals surface area contributed by atoms with Crippen molar-refractivity contribution in [2.24, 2.45) is 17.8 Å². The van der Waals surface area contributed by atoms with Crippen LogP contribution in [0.2, 0.25) is 0 Å². The first kappa shape index (κ1) is 10.4. The van der Waals surface area contributed by atoms with Gasteiger partial charge in [-0.05, 0) is 17.8 Å². The van der Waals surface area contributed by atoms with E-state index in [0.717, 1.165) is 51.9 Å². The number of rotatable bonds is 2. The molecule has 1 unspecified atom stereocenters. The monoisotopic (exact) mass is 226 g/mol. The van der Waals surface area contributed by atoms with Crippen molar-refractivity contribution in [3.63, 3.8) is 0 Å². The standard InChI is InChI=1S/C11H18N2O3/c14-11(15)13-6-9-8(10(9)7-13)5-12-1-3-16-4-2-12/h8-10H,1-7H2,(H,14,15)/t8?,9-,10+. The molecule has 2 aliphatic heterocycles. The van der Waals surface area contributed by atoms with Crippen molar-refractivity contribution in [3.05, 3.63) is 0 Å². The number of fused-ring (bicyclic) bond motifs is 1. The number of ether oxygens (including phenoxy) is 1. The van der Waals surface area contributed by atoms with E-state index in [2.05, 4.69) is 4.90 Å². The van der Waals surface area contributed by atoms with E-state index in [4.69, 9.17) is 9.84 Å². The highest BCUT2D eigenvalue weighted by atomic mass is 16.5. The summed E-state index contributed by atoms with van der Waals surface area (Å²) in [6, 6.07) is 0. The Morgan fingerprint density at radius 2 is 1.88 bits per heavy atom. The Balaban J connectivity index is 1.46. The zero-order valence-electron chi connectivity index (χ0n) is 9.34. The fraction of sp³-hybridized carbons (Fsp3) is 0.909. The number of hydrogen-bond acceptors (Lipinski definition) is 3. The Morgan fingerprint density at radius 3 is 2.44 bits per heavy atom. The Bertz CT molecular complexity index is 279. The molecule has 3 fully saturated rings. The lowest BCUT2D eigenvalue weighted by Crippen LogP contribution is -2.39. The van der Waals surface area contributed by atoms with Gasteiger partial charge in [0.05, 0.1) is 13.2 Å². The van der Waals surface area contributed by atoms with E-state index < -0.39 is 6.09 Å². The molecule has 0 aromatic rings. The highest BCUT2D eigenvalue weighted by Gasteiger charge is 2.56. The van der Waals surface area contributed by atoms with Gasteiger partial charge in [0.25, 0.3) is 0 Å². The van der Waals surface area contributed by atoms with Crippen molar-refractivity contribution >= 4 is 6.09 Å². The molecule has 5 nitrogen and oxygen atoms in total. The molecular weight excluding hydrogens is 208 g/mol. The van der Waals surface area contributed by atoms with Crippen LogP contribution in [-0.4, -0.2) is 66.9 Å². The number of carbonyl (C=O) groups is 1. The van der Waals surface area contributed by atoms with Gasteiger partial charge in [-0.15, -0.1) is 0 Å². The lowest BCUT2D eigenvalue weighted by molar-refractivity contribution is 0.0335. The maximum atomic E-state index is 10.8. The van der Waals surface area contributed by atoms with Gasteiger partial charge in [0, 0.05) is 32.7 Å². The Labute approximate surface area is 95.0 Å². The van der Waals surface area contributed by atoms with E-state index in [1.807, 2.05) is 0 Å². The number of amides is 1. The maximum Gasteiger partial charge on any atom is 0.407 e. The first-order valence-corrected chi connectivity index (χ1v) is 6.03. The second-order valence-corrected chi connectivity index (χ2v) is 5.09. The van der Waals surface area contributed by atoms with Crippen LogP contribution in [-0.2, 0) is 4.74 Å². The lowest BCUT2D eigenvalue weighted by atomic mass is 10.2. The molecule has 0 aromatic carbocycles. The molecule has 0 radical (unpaired) electrons. The molecule has 1 saturated carbocycles. The predicted molar refractivity (Wildman–Crippen MR) is 57.3 cm³/mol. The largest absolute Gasteiger partial charge is 0.465 e. The van der Waals surface area contributed by atoms with E-state index >= 15 is 0 Å². The average molecular weight is 226 g/mol. The molecule has 0 bridgehead atoms. The van der Waals surface area contributed by atoms with Gasteiger partial charge in [0.15, 0.2) is 0 Å². The quantitative estimate of drug-likeness (QED) is 0.729. The Kier molecular flexibility index (Phi) is 2.52. The van der Waals surface area contributed by atoms with Gasteiger partial charge in [-0.25, -0.2) is 4.79 Å². The van der Waals surface area contributed by atoms with Gasteiger partial charge in [-0.2, -0.15) is 0 Å². The van der Waals surface area contributed by atoms with Crippen LogP contribution in [0.5, 0.6) is 0 Å². The van der Waals surface area contributed by atoms with Gasteiger partial charge < -0.3 is 14.7 Å². The number of nitrogens with zero attached hydrogens (tertiary/aromatic N) is 2. The fourth-order valence-electron chi connectivity index (χ4n) is 3.16. The number of carboxylic acid groups (broad SMARTS) is 1. The summed E-state index contributed by atoms with van der Waals surface area (Å²) in [6.45, 7) is 6.44. The van der Waals surface area contributed by atoms with Crippen LogP contribution < -0.4 is 0 Å². The van der Waals surface area contributed by atoms with Gasteiger partial charge >= 0.3 is 6.09 Å². The summed E-state index contributed by atoms with van der Waals surface area (Å²) in [5.41, 5.74) is 0. The van der Waals surface area contributed by atoms with Crippen molar-refractivity contribution in [1.29, 1.82) is 0 Å². The maximum absolute atomic E-state index is 10.8. The van der Waals surface area contributed by atoms with Crippen LogP contribution in [0.3, 0.4) is 0 Å². The molecular formula is C11H18N2O3. The van der Waals surface area contributed by atoms with Crippen molar-refractivity contribution < 1.29 is 14.6 Å². The molecule has 90 valence electrons. The molecule has 0 aromatic heterocycles. The Hall–Kier alpha value is -0.810. The van der Waals surface area contributed by atoms with Crippen LogP contribution in [0, 0.1) is 17.8 Å². The third-order valence-corrected chi connectivity index (χ3v) is 4.21. The second kappa shape index (κ2) is 3.89. The molecule has 16 heavy (non-hydrogen) atoms. The molecule has 3 atom stereocenters. The summed E-state index contributed by atoms with van der Waals surface area (Å²) < 4.78 is 5.32. The number of hydrogen-bond donors (Lipinski definition) is 1. The van der Waals surface area contributed by atoms with Crippen molar-refractivity contribution in [2.45, 2.75) is 0 Å². The highest BCUT2D eigenvalue weighted by Crippen LogP contribution is 2.51. The smallest absolute Gasteiger partial charge is 0.407 e. The molecule has 2 saturated heterocycles. The van der Waals surface area contributed by atoms with Gasteiger partial charge in [0.2, 0.25) is 0 Å². The minimum Gasteiger partial charge on any atom is -0.465 e. The van der Waals surface area contributed by atoms with Gasteiger partial charge in [0.1, 0.15) is 0 Å². The molecule has 1 N–H and O–H groups in total. The average Bonchev–Trinajstić information content (AvgIpc) is 2.76. The van der Waals surface area contributed by atoms with E-state index in [9.17, 15) is 4.79 Å². The van der Waals surface area contributed by atoms with Gasteiger partial charge in [-0.1, -0.05) is 0 Å². The summed E-state index contributed by atoms with van der Waals surface area (Å²) in [4.78, 5) is 14.8. The van der Waals surface area contributed by atoms with Crippen LogP contribution in [0.4, 0.5) is 4.79 Å². The molecule has 1 amide bonds. The zero-order valence-corrected chi connectivity index (χ0v) is 9.34. The summed E-state index contributed by atoms with van der Waals surface area (Å²) in [7, 11) is 0. The first-order valence-electron chi connectivity index (χ1n) is 6.03. The summed E-state index contributed by atoms with van der Waals surface area (Å²) in [6.07, 6.45) is -0.752. The number of likely N-dealkylation sites (tertiary alicyclic amines) is 1. The topological polar surface area (TPSA) is 53.0 Å². The zero-order chi connectivity index (χ0) is 11.1. The van der Waals surface area contributed by atoms with Crippen molar-refractivity contribution in [1.82, 2.24) is 9.80 Å². The molecule has 5 heteroatoms. The van der Waals surface area contributed by atoms with Crippen molar-refractivity contribution in [2.75, 3.05) is 45.9 Å². The summed E-state index contributed by atoms with van der Waals surface area (Å²) >= 11 is 0. The lowest BCUT2D eigenvalue weighted by Gasteiger charge is -2.27. The number of morpholine rings is 1. The molecule has 0 spiro atoms. The van der Waals surface area contributed by atoms with E-state index in [-0.39, 0.29) is 0 Å². The molecule has 2 heterocycles. The normalized spacial score (nSPS) is 38.5. The van der Waals surface area contributed by atoms with Gasteiger partial charge in [-0.3, -0.25) is 4.90 Å². The predicted octanol–water partition coefficient (Wildman–Crippen LogP) is 0.174. The second-order valence-electron chi connectivity index (χ2n) is 5.09. The van der Waals surface area contributed by atoms with E-state index in [1.54, 1.807) is 4.90 Å². The van der Waals surface area contributed by atoms with Crippen LogP contribution in [0.25, 0.3) is 0 Å².